The van der Waals surface area contributed by atoms with Gasteiger partial charge >= 0.3 is 134 Å². The quantitative estimate of drug-likeness (QED) is 0.704. The Morgan fingerprint density at radius 1 is 0.882 bits per heavy atom. The van der Waals surface area contributed by atoms with Gasteiger partial charge in [0.15, 0.2) is 0 Å². The number of hydrogen-bond donors (Lipinski definition) is 0. The van der Waals surface area contributed by atoms with Gasteiger partial charge in [-0.2, -0.15) is 0 Å². The van der Waals surface area contributed by atoms with Crippen LogP contribution < -0.4 is 1.17 Å². The molecule has 0 N–H and O–H groups in total. The van der Waals surface area contributed by atoms with E-state index < -0.39 is 0 Å². The van der Waals surface area contributed by atoms with Crippen LogP contribution in [-0.2, 0) is 10.8 Å². The van der Waals surface area contributed by atoms with E-state index in [9.17, 15) is 0 Å². The molecule has 0 amide bonds. The number of aryl methyl sites for hydroxylation is 1. The summed E-state index contributed by atoms with van der Waals surface area (Å²) in [7, 11) is 0. The molecule has 0 unspecified atom stereocenters. The van der Waals surface area contributed by atoms with Crippen LogP contribution in [0.5, 0.6) is 5.75 Å². The van der Waals surface area contributed by atoms with Crippen molar-refractivity contribution in [1.82, 2.24) is 0 Å². The molecule has 1 nitrogen and oxygen atoms in total. The maximum atomic E-state index is 5.71. The van der Waals surface area contributed by atoms with Crippen LogP contribution in [0.4, 0.5) is 0 Å². The van der Waals surface area contributed by atoms with Gasteiger partial charge in [-0.1, -0.05) is 0 Å². The summed E-state index contributed by atoms with van der Waals surface area (Å²) < 4.78 is 5.71. The van der Waals surface area contributed by atoms with Gasteiger partial charge in [0.2, 0.25) is 0 Å². The fraction of sp³-hybridized carbons (Fsp3) is 0.600. The first-order valence-corrected chi connectivity index (χ1v) is 6.93. The van der Waals surface area contributed by atoms with Crippen LogP contribution in [0.1, 0.15) is 58.2 Å². The van der Waals surface area contributed by atoms with Gasteiger partial charge in [-0.05, 0) is 0 Å². The molecule has 17 heavy (non-hydrogen) atoms. The molecule has 0 atom stereocenters. The Bertz CT molecular complexity index is 373. The molecule has 0 aliphatic heterocycles. The first-order chi connectivity index (χ1) is 7.57. The summed E-state index contributed by atoms with van der Waals surface area (Å²) in [6.07, 6.45) is 0. The van der Waals surface area contributed by atoms with Crippen molar-refractivity contribution in [3.63, 3.8) is 0 Å². The molecule has 0 radical (unpaired) electrons. The minimum atomic E-state index is 0.113. The van der Waals surface area contributed by atoms with Gasteiger partial charge in [0.25, 0.3) is 0 Å². The van der Waals surface area contributed by atoms with Crippen LogP contribution >= 0.6 is 0 Å². The Hall–Kier alpha value is 0.345. The van der Waals surface area contributed by atoms with E-state index in [0.29, 0.717) is 0 Å². The van der Waals surface area contributed by atoms with E-state index >= 15 is 0 Å². The average Bonchev–Trinajstić information content (AvgIpc) is 2.13. The molecule has 1 aromatic rings. The molecule has 0 aliphatic rings. The van der Waals surface area contributed by atoms with Crippen molar-refractivity contribution in [3.8, 4) is 5.75 Å². The molecular weight excluding hydrogens is 353 g/mol. The molecule has 0 saturated carbocycles. The summed E-state index contributed by atoms with van der Waals surface area (Å²) in [5.41, 5.74) is 4.14. The SMILES string of the molecule is Cc1cc(C(C)(C)C)c([O][Gd])c(C(C)(C)C)c1. The van der Waals surface area contributed by atoms with Gasteiger partial charge in [-0.3, -0.25) is 0 Å². The van der Waals surface area contributed by atoms with Crippen LogP contribution in [-0.4, -0.2) is 0 Å². The van der Waals surface area contributed by atoms with E-state index in [2.05, 4.69) is 60.6 Å². The van der Waals surface area contributed by atoms with Crippen molar-refractivity contribution >= 4 is 0 Å². The van der Waals surface area contributed by atoms with E-state index in [1.165, 1.54) is 16.7 Å². The Morgan fingerprint density at radius 2 is 1.24 bits per heavy atom. The fourth-order valence-corrected chi connectivity index (χ4v) is 2.46. The Labute approximate surface area is 132 Å². The molecule has 0 spiro atoms. The third-order valence-electron chi connectivity index (χ3n) is 2.92. The summed E-state index contributed by atoms with van der Waals surface area (Å²) in [4.78, 5) is 0. The molecule has 1 rings (SSSR count). The van der Waals surface area contributed by atoms with Crippen molar-refractivity contribution in [2.75, 3.05) is 0 Å². The molecule has 0 aliphatic carbocycles. The minimum absolute atomic E-state index is 0.113. The second kappa shape index (κ2) is 5.15. The molecule has 0 saturated heterocycles. The average molecular weight is 377 g/mol. The van der Waals surface area contributed by atoms with Gasteiger partial charge in [0, 0.05) is 0 Å². The van der Waals surface area contributed by atoms with Gasteiger partial charge in [-0.15, -0.1) is 0 Å². The Kier molecular flexibility index (Phi) is 4.66. The summed E-state index contributed by atoms with van der Waals surface area (Å²) >= 11 is 1.57. The first kappa shape index (κ1) is 15.4. The molecule has 0 aromatic heterocycles. The molecule has 0 bridgehead atoms. The van der Waals surface area contributed by atoms with Crippen molar-refractivity contribution in [2.45, 2.75) is 59.3 Å². The zero-order valence-corrected chi connectivity index (χ0v) is 14.2. The van der Waals surface area contributed by atoms with Crippen LogP contribution in [0.3, 0.4) is 0 Å². The predicted molar refractivity (Wildman–Crippen MR) is 69.2 cm³/mol. The molecule has 97 valence electrons. The zero-order chi connectivity index (χ0) is 13.4. The van der Waals surface area contributed by atoms with Crippen LogP contribution in [0.15, 0.2) is 12.1 Å². The van der Waals surface area contributed by atoms with E-state index in [-0.39, 0.29) is 10.8 Å². The molecule has 2 heteroatoms. The van der Waals surface area contributed by atoms with Gasteiger partial charge in [0.05, 0.1) is 0 Å². The summed E-state index contributed by atoms with van der Waals surface area (Å²) in [5, 5.41) is 0. The van der Waals surface area contributed by atoms with E-state index in [1.54, 1.807) is 38.5 Å². The Balaban J connectivity index is 3.58. The normalized spacial score (nSPS) is 12.7. The third-order valence-corrected chi connectivity index (χ3v) is 3.38. The van der Waals surface area contributed by atoms with Crippen LogP contribution in [0.2, 0.25) is 0 Å². The van der Waals surface area contributed by atoms with E-state index in [0.717, 1.165) is 5.75 Å². The van der Waals surface area contributed by atoms with Crippen molar-refractivity contribution in [2.24, 2.45) is 0 Å². The van der Waals surface area contributed by atoms with Crippen molar-refractivity contribution < 1.29 is 39.7 Å². The monoisotopic (exact) mass is 377 g/mol. The number of hydrogen-bond acceptors (Lipinski definition) is 1. The number of benzene rings is 1. The topological polar surface area (TPSA) is 9.23 Å². The molecular formula is C15H23GdO. The molecule has 0 heterocycles. The summed E-state index contributed by atoms with van der Waals surface area (Å²) in [6, 6.07) is 4.50. The standard InChI is InChI=1S/C15H24O.Gd/c1-10-8-11(14(2,3)4)13(16)12(9-10)15(5,6)7;/h8-9,16H,1-7H3;/q;+1/p-1. The summed E-state index contributed by atoms with van der Waals surface area (Å²) in [6.45, 7) is 15.6. The van der Waals surface area contributed by atoms with E-state index in [1.807, 2.05) is 0 Å². The van der Waals surface area contributed by atoms with Crippen LogP contribution in [0, 0.1) is 45.4 Å². The summed E-state index contributed by atoms with van der Waals surface area (Å²) in [5.74, 6) is 1.06. The van der Waals surface area contributed by atoms with Gasteiger partial charge in [0.1, 0.15) is 0 Å². The van der Waals surface area contributed by atoms with Gasteiger partial charge < -0.3 is 0 Å². The fourth-order valence-electron chi connectivity index (χ4n) is 1.97. The first-order valence-electron chi connectivity index (χ1n) is 6.00. The van der Waals surface area contributed by atoms with Crippen molar-refractivity contribution in [1.29, 1.82) is 0 Å². The van der Waals surface area contributed by atoms with Crippen molar-refractivity contribution in [3.05, 3.63) is 28.8 Å². The van der Waals surface area contributed by atoms with Crippen LogP contribution in [0.25, 0.3) is 0 Å². The van der Waals surface area contributed by atoms with E-state index in [4.69, 9.17) is 1.17 Å². The Morgan fingerprint density at radius 3 is 1.47 bits per heavy atom. The third kappa shape index (κ3) is 3.65. The second-order valence-electron chi connectivity index (χ2n) is 6.76. The molecule has 0 fully saturated rings. The number of rotatable bonds is 1. The maximum absolute atomic E-state index is 5.71. The predicted octanol–water partition coefficient (Wildman–Crippen LogP) is 4.43. The second-order valence-corrected chi connectivity index (χ2v) is 7.22. The zero-order valence-electron chi connectivity index (χ0n) is 11.9. The van der Waals surface area contributed by atoms with Gasteiger partial charge in [-0.25, -0.2) is 0 Å². The molecule has 1 aromatic carbocycles.